The molecule has 1 atom stereocenters. The fourth-order valence-electron chi connectivity index (χ4n) is 2.41. The number of aromatic nitrogens is 4. The minimum absolute atomic E-state index is 0.00356. The maximum Gasteiger partial charge on any atom is 0.264 e. The molecule has 0 aliphatic carbocycles. The smallest absolute Gasteiger partial charge is 0.264 e. The third-order valence-electron chi connectivity index (χ3n) is 3.56. The van der Waals surface area contributed by atoms with Crippen molar-refractivity contribution in [3.05, 3.63) is 39.1 Å². The van der Waals surface area contributed by atoms with Crippen LogP contribution in [0.3, 0.4) is 0 Å². The van der Waals surface area contributed by atoms with E-state index in [9.17, 15) is 9.59 Å². The zero-order valence-electron chi connectivity index (χ0n) is 13.2. The van der Waals surface area contributed by atoms with E-state index < -0.39 is 11.5 Å². The predicted molar refractivity (Wildman–Crippen MR) is 85.2 cm³/mol. The number of nitrogens with zero attached hydrogens (tertiary/aromatic N) is 3. The number of H-pyrrole nitrogens is 1. The van der Waals surface area contributed by atoms with Crippen LogP contribution in [0.4, 0.5) is 0 Å². The zero-order valence-corrected chi connectivity index (χ0v) is 14.0. The standard InChI is InChI=1S/C14H19N5O2S/c1-7(11-8(2)18-19(4)9(11)3)16-12(20)10-6-15-14(22-5)17-13(10)21/h6-7H,1-5H3,(H,16,20)(H,15,17,21)/t7-/m0/s1. The molecule has 0 saturated heterocycles. The van der Waals surface area contributed by atoms with Gasteiger partial charge in [0.05, 0.1) is 11.7 Å². The normalized spacial score (nSPS) is 12.2. The van der Waals surface area contributed by atoms with Crippen molar-refractivity contribution < 1.29 is 4.79 Å². The van der Waals surface area contributed by atoms with Crippen molar-refractivity contribution in [1.29, 1.82) is 0 Å². The van der Waals surface area contributed by atoms with Gasteiger partial charge in [0.25, 0.3) is 11.5 Å². The van der Waals surface area contributed by atoms with Crippen LogP contribution in [0.2, 0.25) is 0 Å². The molecule has 8 heteroatoms. The third kappa shape index (κ3) is 3.06. The Kier molecular flexibility index (Phi) is 4.70. The first-order valence-electron chi connectivity index (χ1n) is 6.79. The van der Waals surface area contributed by atoms with Crippen molar-refractivity contribution >= 4 is 17.7 Å². The van der Waals surface area contributed by atoms with Crippen LogP contribution in [-0.2, 0) is 7.05 Å². The molecule has 0 aliphatic rings. The van der Waals surface area contributed by atoms with E-state index in [2.05, 4.69) is 20.4 Å². The molecule has 0 fully saturated rings. The summed E-state index contributed by atoms with van der Waals surface area (Å²) in [5.74, 6) is -0.448. The van der Waals surface area contributed by atoms with Gasteiger partial charge < -0.3 is 10.3 Å². The molecule has 0 bridgehead atoms. The van der Waals surface area contributed by atoms with Crippen molar-refractivity contribution in [2.75, 3.05) is 6.26 Å². The summed E-state index contributed by atoms with van der Waals surface area (Å²) in [7, 11) is 1.86. The molecule has 0 aliphatic heterocycles. The molecule has 0 saturated carbocycles. The number of carbonyl (C=O) groups excluding carboxylic acids is 1. The van der Waals surface area contributed by atoms with Gasteiger partial charge in [-0.2, -0.15) is 5.10 Å². The summed E-state index contributed by atoms with van der Waals surface area (Å²) in [4.78, 5) is 30.8. The number of carbonyl (C=O) groups is 1. The van der Waals surface area contributed by atoms with Crippen LogP contribution in [0.15, 0.2) is 16.1 Å². The van der Waals surface area contributed by atoms with Gasteiger partial charge in [-0.05, 0) is 27.0 Å². The van der Waals surface area contributed by atoms with Crippen LogP contribution in [0.25, 0.3) is 0 Å². The number of aromatic amines is 1. The number of rotatable bonds is 4. The van der Waals surface area contributed by atoms with E-state index in [4.69, 9.17) is 0 Å². The minimum Gasteiger partial charge on any atom is -0.345 e. The SMILES string of the molecule is CSc1ncc(C(=O)N[C@@H](C)c2c(C)nn(C)c2C)c(=O)[nH]1. The van der Waals surface area contributed by atoms with Gasteiger partial charge in [-0.25, -0.2) is 4.98 Å². The summed E-state index contributed by atoms with van der Waals surface area (Å²) >= 11 is 1.31. The molecule has 2 rings (SSSR count). The second kappa shape index (κ2) is 6.35. The second-order valence-corrected chi connectivity index (χ2v) is 5.83. The van der Waals surface area contributed by atoms with Crippen LogP contribution in [0.5, 0.6) is 0 Å². The van der Waals surface area contributed by atoms with Crippen molar-refractivity contribution in [3.63, 3.8) is 0 Å². The largest absolute Gasteiger partial charge is 0.345 e. The number of hydrogen-bond donors (Lipinski definition) is 2. The van der Waals surface area contributed by atoms with E-state index in [-0.39, 0.29) is 11.6 Å². The van der Waals surface area contributed by atoms with Crippen molar-refractivity contribution in [1.82, 2.24) is 25.1 Å². The Hall–Kier alpha value is -2.09. The van der Waals surface area contributed by atoms with Gasteiger partial charge in [-0.1, -0.05) is 11.8 Å². The number of amides is 1. The van der Waals surface area contributed by atoms with E-state index in [1.54, 1.807) is 10.9 Å². The van der Waals surface area contributed by atoms with Gasteiger partial charge in [-0.3, -0.25) is 14.3 Å². The number of thioether (sulfide) groups is 1. The summed E-state index contributed by atoms with van der Waals surface area (Å²) in [6, 6.07) is -0.249. The number of aryl methyl sites for hydroxylation is 2. The summed E-state index contributed by atoms with van der Waals surface area (Å²) < 4.78 is 1.77. The molecule has 2 heterocycles. The quantitative estimate of drug-likeness (QED) is 0.655. The Balaban J connectivity index is 2.23. The minimum atomic E-state index is -0.448. The van der Waals surface area contributed by atoms with Crippen LogP contribution < -0.4 is 10.9 Å². The highest BCUT2D eigenvalue weighted by molar-refractivity contribution is 7.98. The molecule has 118 valence electrons. The van der Waals surface area contributed by atoms with E-state index in [0.717, 1.165) is 17.0 Å². The zero-order chi connectivity index (χ0) is 16.4. The maximum absolute atomic E-state index is 12.3. The van der Waals surface area contributed by atoms with Crippen molar-refractivity contribution in [2.24, 2.45) is 7.05 Å². The van der Waals surface area contributed by atoms with Crippen LogP contribution >= 0.6 is 11.8 Å². The Bertz CT molecular complexity index is 765. The van der Waals surface area contributed by atoms with Gasteiger partial charge in [0.2, 0.25) is 0 Å². The molecule has 2 aromatic heterocycles. The first kappa shape index (κ1) is 16.3. The average molecular weight is 321 g/mol. The Morgan fingerprint density at radius 1 is 1.45 bits per heavy atom. The van der Waals surface area contributed by atoms with Crippen LogP contribution in [-0.4, -0.2) is 31.9 Å². The first-order chi connectivity index (χ1) is 10.3. The number of nitrogens with one attached hydrogen (secondary N) is 2. The predicted octanol–water partition coefficient (Wildman–Crippen LogP) is 1.33. The fraction of sp³-hybridized carbons (Fsp3) is 0.429. The highest BCUT2D eigenvalue weighted by Gasteiger charge is 2.20. The van der Waals surface area contributed by atoms with E-state index in [0.29, 0.717) is 5.16 Å². The van der Waals surface area contributed by atoms with Gasteiger partial charge in [0, 0.05) is 24.5 Å². The lowest BCUT2D eigenvalue weighted by molar-refractivity contribution is 0.0937. The summed E-state index contributed by atoms with van der Waals surface area (Å²) in [6.07, 6.45) is 3.10. The first-order valence-corrected chi connectivity index (χ1v) is 8.01. The summed E-state index contributed by atoms with van der Waals surface area (Å²) in [6.45, 7) is 5.71. The van der Waals surface area contributed by atoms with Crippen LogP contribution in [0.1, 0.15) is 40.3 Å². The average Bonchev–Trinajstić information content (AvgIpc) is 2.71. The molecule has 2 aromatic rings. The Morgan fingerprint density at radius 2 is 2.14 bits per heavy atom. The lowest BCUT2D eigenvalue weighted by atomic mass is 10.1. The molecular formula is C14H19N5O2S. The highest BCUT2D eigenvalue weighted by atomic mass is 32.2. The van der Waals surface area contributed by atoms with Crippen molar-refractivity contribution in [3.8, 4) is 0 Å². The lowest BCUT2D eigenvalue weighted by Gasteiger charge is -2.14. The Labute approximate surface area is 132 Å². The Morgan fingerprint density at radius 3 is 2.64 bits per heavy atom. The monoisotopic (exact) mass is 321 g/mol. The molecular weight excluding hydrogens is 302 g/mol. The molecule has 0 unspecified atom stereocenters. The molecule has 7 nitrogen and oxygen atoms in total. The molecule has 1 amide bonds. The molecule has 0 aromatic carbocycles. The molecule has 2 N–H and O–H groups in total. The number of hydrogen-bond acceptors (Lipinski definition) is 5. The molecule has 0 spiro atoms. The van der Waals surface area contributed by atoms with Crippen LogP contribution in [0, 0.1) is 13.8 Å². The summed E-state index contributed by atoms with van der Waals surface area (Å²) in [5.41, 5.74) is 2.36. The van der Waals surface area contributed by atoms with Gasteiger partial charge in [0.15, 0.2) is 5.16 Å². The maximum atomic E-state index is 12.3. The molecule has 0 radical (unpaired) electrons. The molecule has 22 heavy (non-hydrogen) atoms. The van der Waals surface area contributed by atoms with E-state index in [1.807, 2.05) is 27.8 Å². The van der Waals surface area contributed by atoms with Gasteiger partial charge >= 0.3 is 0 Å². The lowest BCUT2D eigenvalue weighted by Crippen LogP contribution is -2.32. The highest BCUT2D eigenvalue weighted by Crippen LogP contribution is 2.20. The van der Waals surface area contributed by atoms with E-state index >= 15 is 0 Å². The second-order valence-electron chi connectivity index (χ2n) is 5.04. The van der Waals surface area contributed by atoms with Crippen molar-refractivity contribution in [2.45, 2.75) is 32.0 Å². The van der Waals surface area contributed by atoms with Gasteiger partial charge in [0.1, 0.15) is 5.56 Å². The third-order valence-corrected chi connectivity index (χ3v) is 4.15. The summed E-state index contributed by atoms with van der Waals surface area (Å²) in [5, 5.41) is 7.64. The van der Waals surface area contributed by atoms with E-state index in [1.165, 1.54) is 18.0 Å². The topological polar surface area (TPSA) is 92.7 Å². The fourth-order valence-corrected chi connectivity index (χ4v) is 2.76. The van der Waals surface area contributed by atoms with Gasteiger partial charge in [-0.15, -0.1) is 0 Å².